The molecule has 1 amide bonds. The number of nitrogens with zero attached hydrogens (tertiary/aromatic N) is 2. The van der Waals surface area contributed by atoms with Crippen molar-refractivity contribution in [3.63, 3.8) is 0 Å². The lowest BCUT2D eigenvalue weighted by atomic mass is 10.2. The zero-order chi connectivity index (χ0) is 15.8. The summed E-state index contributed by atoms with van der Waals surface area (Å²) >= 11 is 0. The lowest BCUT2D eigenvalue weighted by Crippen LogP contribution is -2.17. The van der Waals surface area contributed by atoms with Gasteiger partial charge in [0.2, 0.25) is 10.0 Å². The molecule has 0 saturated carbocycles. The van der Waals surface area contributed by atoms with Gasteiger partial charge >= 0.3 is 0 Å². The van der Waals surface area contributed by atoms with Crippen LogP contribution in [0.1, 0.15) is 10.4 Å². The number of aryl methyl sites for hydroxylation is 1. The van der Waals surface area contributed by atoms with Crippen LogP contribution in [0.15, 0.2) is 29.3 Å². The minimum atomic E-state index is -4.04. The van der Waals surface area contributed by atoms with E-state index in [1.54, 1.807) is 0 Å². The molecule has 0 bridgehead atoms. The molecule has 0 atom stereocenters. The smallest absolute Gasteiger partial charge is 0.257 e. The van der Waals surface area contributed by atoms with Crippen LogP contribution in [0.25, 0.3) is 0 Å². The standard InChI is InChI=1S/C11H12N4O5S/c1-15-5-9(21(12,19)20)10(14-15)13-11(18)6-2-3-7(16)8(17)4-6/h2-5,16-17H,1H3,(H2,12,19,20)(H,13,14,18). The van der Waals surface area contributed by atoms with Gasteiger partial charge in [0.05, 0.1) is 0 Å². The second-order valence-electron chi connectivity index (χ2n) is 4.22. The van der Waals surface area contributed by atoms with Crippen LogP contribution in [0.2, 0.25) is 0 Å². The third-order valence-electron chi connectivity index (χ3n) is 2.57. The number of carbonyl (C=O) groups is 1. The van der Waals surface area contributed by atoms with Gasteiger partial charge in [-0.15, -0.1) is 0 Å². The molecule has 2 aromatic rings. The van der Waals surface area contributed by atoms with Gasteiger partial charge in [0.1, 0.15) is 4.90 Å². The summed E-state index contributed by atoms with van der Waals surface area (Å²) in [6, 6.07) is 3.41. The number of carbonyl (C=O) groups excluding carboxylic acids is 1. The van der Waals surface area contributed by atoms with Crippen LogP contribution in [0.3, 0.4) is 0 Å². The second-order valence-corrected chi connectivity index (χ2v) is 5.75. The molecule has 21 heavy (non-hydrogen) atoms. The molecule has 0 fully saturated rings. The van der Waals surface area contributed by atoms with Crippen LogP contribution in [0.4, 0.5) is 5.82 Å². The summed E-state index contributed by atoms with van der Waals surface area (Å²) in [4.78, 5) is 11.6. The van der Waals surface area contributed by atoms with Crippen molar-refractivity contribution >= 4 is 21.7 Å². The summed E-state index contributed by atoms with van der Waals surface area (Å²) in [5.41, 5.74) is 0.0105. The number of aromatic nitrogens is 2. The highest BCUT2D eigenvalue weighted by atomic mass is 32.2. The molecule has 10 heteroatoms. The maximum atomic E-state index is 12.0. The van der Waals surface area contributed by atoms with Gasteiger partial charge in [-0.1, -0.05) is 0 Å². The third kappa shape index (κ3) is 3.12. The van der Waals surface area contributed by atoms with E-state index in [0.717, 1.165) is 18.3 Å². The number of nitrogens with one attached hydrogen (secondary N) is 1. The van der Waals surface area contributed by atoms with Crippen molar-refractivity contribution in [1.82, 2.24) is 9.78 Å². The Morgan fingerprint density at radius 2 is 2.00 bits per heavy atom. The predicted octanol–water partition coefficient (Wildman–Crippen LogP) is -0.269. The topological polar surface area (TPSA) is 148 Å². The number of amides is 1. The maximum absolute atomic E-state index is 12.0. The molecule has 5 N–H and O–H groups in total. The molecular weight excluding hydrogens is 300 g/mol. The number of primary sulfonamides is 1. The van der Waals surface area contributed by atoms with Gasteiger partial charge in [-0.2, -0.15) is 5.10 Å². The Morgan fingerprint density at radius 3 is 2.57 bits per heavy atom. The molecule has 2 rings (SSSR count). The van der Waals surface area contributed by atoms with Crippen LogP contribution in [0.5, 0.6) is 11.5 Å². The van der Waals surface area contributed by atoms with E-state index in [1.165, 1.54) is 17.8 Å². The van der Waals surface area contributed by atoms with E-state index in [4.69, 9.17) is 5.14 Å². The average molecular weight is 312 g/mol. The molecule has 1 aromatic carbocycles. The van der Waals surface area contributed by atoms with Gasteiger partial charge in [0.25, 0.3) is 5.91 Å². The van der Waals surface area contributed by atoms with Crippen molar-refractivity contribution in [2.45, 2.75) is 4.90 Å². The normalized spacial score (nSPS) is 11.3. The molecule has 0 unspecified atom stereocenters. The minimum absolute atomic E-state index is 0.0105. The number of rotatable bonds is 3. The van der Waals surface area contributed by atoms with Crippen LogP contribution >= 0.6 is 0 Å². The number of phenolic OH excluding ortho intramolecular Hbond substituents is 2. The number of anilines is 1. The van der Waals surface area contributed by atoms with Crippen molar-refractivity contribution in [1.29, 1.82) is 0 Å². The number of hydrogen-bond acceptors (Lipinski definition) is 6. The zero-order valence-electron chi connectivity index (χ0n) is 10.8. The first kappa shape index (κ1) is 14.8. The van der Waals surface area contributed by atoms with E-state index in [9.17, 15) is 23.4 Å². The van der Waals surface area contributed by atoms with Gasteiger partial charge in [-0.05, 0) is 18.2 Å². The number of benzene rings is 1. The Morgan fingerprint density at radius 1 is 1.33 bits per heavy atom. The molecule has 0 saturated heterocycles. The lowest BCUT2D eigenvalue weighted by molar-refractivity contribution is 0.102. The fraction of sp³-hybridized carbons (Fsp3) is 0.0909. The quantitative estimate of drug-likeness (QED) is 0.573. The predicted molar refractivity (Wildman–Crippen MR) is 72.3 cm³/mol. The Labute approximate surface area is 119 Å². The number of aromatic hydroxyl groups is 2. The molecule has 9 nitrogen and oxygen atoms in total. The molecule has 1 heterocycles. The number of hydrogen-bond donors (Lipinski definition) is 4. The van der Waals surface area contributed by atoms with Gasteiger partial charge in [0, 0.05) is 18.8 Å². The van der Waals surface area contributed by atoms with Crippen molar-refractivity contribution in [3.05, 3.63) is 30.0 Å². The fourth-order valence-electron chi connectivity index (χ4n) is 1.61. The van der Waals surface area contributed by atoms with E-state index < -0.39 is 21.7 Å². The lowest BCUT2D eigenvalue weighted by Gasteiger charge is -2.05. The van der Waals surface area contributed by atoms with E-state index in [1.807, 2.05) is 0 Å². The Kier molecular flexibility index (Phi) is 3.58. The van der Waals surface area contributed by atoms with E-state index in [-0.39, 0.29) is 22.0 Å². The van der Waals surface area contributed by atoms with E-state index in [2.05, 4.69) is 10.4 Å². The molecule has 0 aliphatic rings. The third-order valence-corrected chi connectivity index (χ3v) is 3.48. The summed E-state index contributed by atoms with van der Waals surface area (Å²) in [5, 5.41) is 29.6. The van der Waals surface area contributed by atoms with Gasteiger partial charge in [-0.3, -0.25) is 9.48 Å². The molecule has 1 aromatic heterocycles. The highest BCUT2D eigenvalue weighted by Crippen LogP contribution is 2.25. The largest absolute Gasteiger partial charge is 0.504 e. The second kappa shape index (κ2) is 5.07. The number of phenols is 2. The Balaban J connectivity index is 2.34. The van der Waals surface area contributed by atoms with Gasteiger partial charge in [0.15, 0.2) is 17.3 Å². The monoisotopic (exact) mass is 312 g/mol. The summed E-state index contributed by atoms with van der Waals surface area (Å²) in [5.74, 6) is -1.79. The molecule has 0 aliphatic heterocycles. The van der Waals surface area contributed by atoms with Crippen LogP contribution in [0, 0.1) is 0 Å². The van der Waals surface area contributed by atoms with Crippen molar-refractivity contribution in [2.75, 3.05) is 5.32 Å². The molecule has 0 aliphatic carbocycles. The first-order valence-electron chi connectivity index (χ1n) is 5.58. The van der Waals surface area contributed by atoms with Crippen LogP contribution in [-0.2, 0) is 17.1 Å². The van der Waals surface area contributed by atoms with E-state index >= 15 is 0 Å². The Bertz CT molecular complexity index is 812. The Hall–Kier alpha value is -2.59. The summed E-state index contributed by atoms with van der Waals surface area (Å²) in [7, 11) is -2.57. The molecule has 0 radical (unpaired) electrons. The van der Waals surface area contributed by atoms with Crippen molar-refractivity contribution < 1.29 is 23.4 Å². The van der Waals surface area contributed by atoms with E-state index in [0.29, 0.717) is 0 Å². The average Bonchev–Trinajstić information content (AvgIpc) is 2.73. The summed E-state index contributed by atoms with van der Waals surface area (Å²) in [6.45, 7) is 0. The van der Waals surface area contributed by atoms with Gasteiger partial charge < -0.3 is 15.5 Å². The van der Waals surface area contributed by atoms with Crippen LogP contribution in [-0.4, -0.2) is 34.3 Å². The molecule has 0 spiro atoms. The summed E-state index contributed by atoms with van der Waals surface area (Å²) < 4.78 is 24.0. The summed E-state index contributed by atoms with van der Waals surface area (Å²) in [6.07, 6.45) is 1.15. The zero-order valence-corrected chi connectivity index (χ0v) is 11.6. The number of sulfonamides is 1. The van der Waals surface area contributed by atoms with Crippen LogP contribution < -0.4 is 10.5 Å². The maximum Gasteiger partial charge on any atom is 0.257 e. The van der Waals surface area contributed by atoms with Crippen molar-refractivity contribution in [2.24, 2.45) is 12.2 Å². The number of nitrogens with two attached hydrogens (primary N) is 1. The van der Waals surface area contributed by atoms with Crippen molar-refractivity contribution in [3.8, 4) is 11.5 Å². The van der Waals surface area contributed by atoms with Gasteiger partial charge in [-0.25, -0.2) is 13.6 Å². The SMILES string of the molecule is Cn1cc(S(N)(=O)=O)c(NC(=O)c2ccc(O)c(O)c2)n1. The fourth-order valence-corrected chi connectivity index (χ4v) is 2.27. The first-order chi connectivity index (χ1) is 9.68. The highest BCUT2D eigenvalue weighted by molar-refractivity contribution is 7.89. The first-order valence-corrected chi connectivity index (χ1v) is 7.13. The molecule has 112 valence electrons. The minimum Gasteiger partial charge on any atom is -0.504 e. The highest BCUT2D eigenvalue weighted by Gasteiger charge is 2.20. The molecular formula is C11H12N4O5S.